The van der Waals surface area contributed by atoms with Crippen LogP contribution in [-0.2, 0) is 16.1 Å². The molecule has 26 heavy (non-hydrogen) atoms. The minimum atomic E-state index is -0.495. The molecule has 1 atom stereocenters. The van der Waals surface area contributed by atoms with Gasteiger partial charge >= 0.3 is 11.8 Å². The van der Waals surface area contributed by atoms with Gasteiger partial charge in [-0.15, -0.1) is 0 Å². The van der Waals surface area contributed by atoms with Gasteiger partial charge in [0.2, 0.25) is 5.91 Å². The molecule has 1 saturated heterocycles. The maximum absolute atomic E-state index is 12.1. The summed E-state index contributed by atoms with van der Waals surface area (Å²) in [7, 11) is 0. The second-order valence-corrected chi connectivity index (χ2v) is 6.09. The van der Waals surface area contributed by atoms with Crippen molar-refractivity contribution < 1.29 is 18.7 Å². The number of nitrogens with zero attached hydrogens (tertiary/aromatic N) is 2. The Morgan fingerprint density at radius 3 is 2.92 bits per heavy atom. The zero-order valence-electron chi connectivity index (χ0n) is 14.6. The first-order valence-corrected chi connectivity index (χ1v) is 8.61. The molecule has 0 bridgehead atoms. The van der Waals surface area contributed by atoms with E-state index < -0.39 is 18.0 Å². The van der Waals surface area contributed by atoms with Crippen molar-refractivity contribution in [3.63, 3.8) is 0 Å². The highest BCUT2D eigenvalue weighted by Crippen LogP contribution is 2.25. The largest absolute Gasteiger partial charge is 0.442 e. The highest BCUT2D eigenvalue weighted by atomic mass is 16.6. The summed E-state index contributed by atoms with van der Waals surface area (Å²) in [6, 6.07) is 5.12. The summed E-state index contributed by atoms with van der Waals surface area (Å²) < 4.78 is 12.1. The minimum absolute atomic E-state index is 0.0958. The van der Waals surface area contributed by atoms with Crippen molar-refractivity contribution in [2.75, 3.05) is 24.5 Å². The maximum atomic E-state index is 12.1. The molecule has 1 fully saturated rings. The molecule has 2 amide bonds. The lowest BCUT2D eigenvalue weighted by atomic mass is 10.2. The van der Waals surface area contributed by atoms with Gasteiger partial charge in [-0.2, -0.15) is 0 Å². The fourth-order valence-electron chi connectivity index (χ4n) is 2.88. The van der Waals surface area contributed by atoms with E-state index in [1.165, 1.54) is 9.47 Å². The normalized spacial score (nSPS) is 16.9. The van der Waals surface area contributed by atoms with E-state index in [-0.39, 0.29) is 12.5 Å². The van der Waals surface area contributed by atoms with Gasteiger partial charge < -0.3 is 20.2 Å². The maximum Gasteiger partial charge on any atom is 0.419 e. The minimum Gasteiger partial charge on any atom is -0.442 e. The number of hydrogen-bond donors (Lipinski definition) is 2. The summed E-state index contributed by atoms with van der Waals surface area (Å²) in [6.45, 7) is 3.29. The molecule has 1 aromatic carbocycles. The summed E-state index contributed by atoms with van der Waals surface area (Å²) in [5.41, 5.74) is 7.13. The zero-order chi connectivity index (χ0) is 18.7. The highest BCUT2D eigenvalue weighted by Gasteiger charge is 2.32. The van der Waals surface area contributed by atoms with Crippen molar-refractivity contribution in [2.45, 2.75) is 32.4 Å². The van der Waals surface area contributed by atoms with E-state index in [4.69, 9.17) is 14.9 Å². The average molecular weight is 362 g/mol. The number of nitrogens with two attached hydrogens (primary N) is 1. The zero-order valence-corrected chi connectivity index (χ0v) is 14.6. The van der Waals surface area contributed by atoms with Crippen LogP contribution in [0.15, 0.2) is 27.4 Å². The quantitative estimate of drug-likeness (QED) is 0.751. The van der Waals surface area contributed by atoms with E-state index >= 15 is 0 Å². The number of rotatable bonds is 7. The van der Waals surface area contributed by atoms with Gasteiger partial charge in [-0.3, -0.25) is 14.3 Å². The molecule has 1 aliphatic rings. The molecule has 9 heteroatoms. The topological polar surface area (TPSA) is 120 Å². The molecule has 2 heterocycles. The van der Waals surface area contributed by atoms with Crippen LogP contribution < -0.4 is 21.7 Å². The summed E-state index contributed by atoms with van der Waals surface area (Å²) in [5, 5.41) is 2.71. The highest BCUT2D eigenvalue weighted by molar-refractivity contribution is 5.92. The van der Waals surface area contributed by atoms with Crippen LogP contribution in [0.4, 0.5) is 10.5 Å². The number of anilines is 1. The standard InChI is InChI=1S/C17H22N4O5/c1-2-15(22)19-9-12-10-21(17(24)25-12)11-4-5-13-14(8-11)26-16(23)20(13)7-3-6-18/h4-5,8,12H,2-3,6-7,9-10,18H2,1H3,(H,19,22)/t12-/m0/s1. The van der Waals surface area contributed by atoms with Gasteiger partial charge in [-0.1, -0.05) is 6.92 Å². The van der Waals surface area contributed by atoms with Gasteiger partial charge in [0.25, 0.3) is 0 Å². The van der Waals surface area contributed by atoms with Crippen LogP contribution in [0.2, 0.25) is 0 Å². The van der Waals surface area contributed by atoms with Gasteiger partial charge in [-0.05, 0) is 25.1 Å². The molecule has 2 aromatic rings. The van der Waals surface area contributed by atoms with Crippen molar-refractivity contribution in [3.05, 3.63) is 28.7 Å². The van der Waals surface area contributed by atoms with Crippen molar-refractivity contribution in [1.29, 1.82) is 0 Å². The van der Waals surface area contributed by atoms with Crippen LogP contribution in [0.3, 0.4) is 0 Å². The van der Waals surface area contributed by atoms with Gasteiger partial charge in [-0.25, -0.2) is 9.59 Å². The Morgan fingerprint density at radius 1 is 1.38 bits per heavy atom. The first-order chi connectivity index (χ1) is 12.5. The monoisotopic (exact) mass is 362 g/mol. The number of amides is 2. The van der Waals surface area contributed by atoms with E-state index in [1.54, 1.807) is 25.1 Å². The number of cyclic esters (lactones) is 1. The number of hydrogen-bond acceptors (Lipinski definition) is 6. The first kappa shape index (κ1) is 18.0. The Balaban J connectivity index is 1.77. The summed E-state index contributed by atoms with van der Waals surface area (Å²) in [4.78, 5) is 36.9. The number of fused-ring (bicyclic) bond motifs is 1. The molecule has 3 rings (SSSR count). The van der Waals surface area contributed by atoms with Crippen molar-refractivity contribution in [2.24, 2.45) is 5.73 Å². The van der Waals surface area contributed by atoms with Gasteiger partial charge in [0.1, 0.15) is 6.10 Å². The number of aromatic nitrogens is 1. The number of carbonyl (C=O) groups excluding carboxylic acids is 2. The fourth-order valence-corrected chi connectivity index (χ4v) is 2.88. The van der Waals surface area contributed by atoms with Gasteiger partial charge in [0.15, 0.2) is 5.58 Å². The Hall–Kier alpha value is -2.81. The van der Waals surface area contributed by atoms with Crippen molar-refractivity contribution in [3.8, 4) is 0 Å². The number of oxazole rings is 1. The molecule has 0 radical (unpaired) electrons. The Kier molecular flexibility index (Phi) is 5.27. The van der Waals surface area contributed by atoms with Crippen LogP contribution in [0.1, 0.15) is 19.8 Å². The van der Waals surface area contributed by atoms with Crippen LogP contribution in [0.5, 0.6) is 0 Å². The van der Waals surface area contributed by atoms with Crippen LogP contribution in [0, 0.1) is 0 Å². The molecular formula is C17H22N4O5. The Labute approximate surface area is 149 Å². The molecule has 140 valence electrons. The van der Waals surface area contributed by atoms with E-state index in [2.05, 4.69) is 5.32 Å². The smallest absolute Gasteiger partial charge is 0.419 e. The number of carbonyl (C=O) groups is 2. The first-order valence-electron chi connectivity index (χ1n) is 8.61. The molecule has 0 aliphatic carbocycles. The number of ether oxygens (including phenoxy) is 1. The van der Waals surface area contributed by atoms with Crippen LogP contribution >= 0.6 is 0 Å². The average Bonchev–Trinajstić information content (AvgIpc) is 3.16. The number of nitrogens with one attached hydrogen (secondary N) is 1. The SMILES string of the molecule is CCC(=O)NC[C@H]1CN(c2ccc3c(c2)oc(=O)n3CCCN)C(=O)O1. The van der Waals surface area contributed by atoms with E-state index in [0.29, 0.717) is 49.3 Å². The predicted octanol–water partition coefficient (Wildman–Crippen LogP) is 0.795. The van der Waals surface area contributed by atoms with Gasteiger partial charge in [0.05, 0.1) is 24.3 Å². The number of aryl methyl sites for hydroxylation is 1. The summed E-state index contributed by atoms with van der Waals surface area (Å²) in [6.07, 6.45) is 0.126. The Bertz CT molecular complexity index is 872. The molecule has 9 nitrogen and oxygen atoms in total. The van der Waals surface area contributed by atoms with Crippen LogP contribution in [-0.4, -0.2) is 42.3 Å². The predicted molar refractivity (Wildman–Crippen MR) is 95.1 cm³/mol. The molecule has 3 N–H and O–H groups in total. The lowest BCUT2D eigenvalue weighted by Crippen LogP contribution is -2.34. The second kappa shape index (κ2) is 7.61. The van der Waals surface area contributed by atoms with Crippen molar-refractivity contribution in [1.82, 2.24) is 9.88 Å². The molecular weight excluding hydrogens is 340 g/mol. The Morgan fingerprint density at radius 2 is 2.19 bits per heavy atom. The molecule has 0 spiro atoms. The summed E-state index contributed by atoms with van der Waals surface area (Å²) in [5.74, 6) is -0.545. The second-order valence-electron chi connectivity index (χ2n) is 6.09. The number of benzene rings is 1. The van der Waals surface area contributed by atoms with Crippen LogP contribution in [0.25, 0.3) is 11.1 Å². The van der Waals surface area contributed by atoms with E-state index in [1.807, 2.05) is 0 Å². The lowest BCUT2D eigenvalue weighted by molar-refractivity contribution is -0.121. The molecule has 1 aliphatic heterocycles. The molecule has 1 aromatic heterocycles. The third kappa shape index (κ3) is 3.57. The third-order valence-corrected chi connectivity index (χ3v) is 4.27. The fraction of sp³-hybridized carbons (Fsp3) is 0.471. The third-order valence-electron chi connectivity index (χ3n) is 4.27. The summed E-state index contributed by atoms with van der Waals surface area (Å²) >= 11 is 0. The van der Waals surface area contributed by atoms with Gasteiger partial charge in [0, 0.05) is 19.0 Å². The van der Waals surface area contributed by atoms with E-state index in [9.17, 15) is 14.4 Å². The van der Waals surface area contributed by atoms with E-state index in [0.717, 1.165) is 0 Å². The molecule has 0 saturated carbocycles. The lowest BCUT2D eigenvalue weighted by Gasteiger charge is -2.13. The van der Waals surface area contributed by atoms with Crippen molar-refractivity contribution >= 4 is 28.8 Å². The molecule has 0 unspecified atom stereocenters.